The van der Waals surface area contributed by atoms with E-state index < -0.39 is 0 Å². The van der Waals surface area contributed by atoms with Crippen LogP contribution in [-0.2, 0) is 6.42 Å². The molecule has 1 aromatic carbocycles. The lowest BCUT2D eigenvalue weighted by Crippen LogP contribution is -2.26. The summed E-state index contributed by atoms with van der Waals surface area (Å²) in [4.78, 5) is 19.6. The van der Waals surface area contributed by atoms with E-state index in [1.807, 2.05) is 36.5 Å². The number of hydrogen-bond acceptors (Lipinski definition) is 3. The third-order valence-corrected chi connectivity index (χ3v) is 3.59. The van der Waals surface area contributed by atoms with Crippen molar-refractivity contribution in [3.8, 4) is 0 Å². The third-order valence-electron chi connectivity index (χ3n) is 3.59. The van der Waals surface area contributed by atoms with Gasteiger partial charge in [0, 0.05) is 30.7 Å². The van der Waals surface area contributed by atoms with Crippen molar-refractivity contribution >= 4 is 22.6 Å². The zero-order valence-electron chi connectivity index (χ0n) is 12.4. The number of carbonyl (C=O) groups is 1. The van der Waals surface area contributed by atoms with Crippen LogP contribution in [0.4, 0.5) is 5.82 Å². The molecule has 0 bridgehead atoms. The molecule has 0 fully saturated rings. The quantitative estimate of drug-likeness (QED) is 0.677. The van der Waals surface area contributed by atoms with Gasteiger partial charge in [-0.2, -0.15) is 0 Å². The number of carbonyl (C=O) groups excluding carboxylic acids is 1. The zero-order chi connectivity index (χ0) is 15.4. The van der Waals surface area contributed by atoms with Gasteiger partial charge in [0.15, 0.2) is 0 Å². The number of para-hydroxylation sites is 1. The van der Waals surface area contributed by atoms with Gasteiger partial charge in [-0.3, -0.25) is 4.79 Å². The smallest absolute Gasteiger partial charge is 0.269 e. The zero-order valence-corrected chi connectivity index (χ0v) is 12.4. The Morgan fingerprint density at radius 2 is 2.05 bits per heavy atom. The van der Waals surface area contributed by atoms with Crippen LogP contribution < -0.4 is 10.6 Å². The normalized spacial score (nSPS) is 10.6. The number of benzene rings is 1. The lowest BCUT2D eigenvalue weighted by atomic mass is 10.1. The van der Waals surface area contributed by atoms with Gasteiger partial charge in [0.25, 0.3) is 5.91 Å². The van der Waals surface area contributed by atoms with E-state index in [0.29, 0.717) is 18.1 Å². The van der Waals surface area contributed by atoms with E-state index in [9.17, 15) is 4.79 Å². The van der Waals surface area contributed by atoms with Crippen LogP contribution in [-0.4, -0.2) is 29.5 Å². The van der Waals surface area contributed by atoms with E-state index in [-0.39, 0.29) is 5.91 Å². The van der Waals surface area contributed by atoms with Crippen molar-refractivity contribution < 1.29 is 4.79 Å². The monoisotopic (exact) mass is 294 g/mol. The number of pyridine rings is 1. The topological polar surface area (TPSA) is 69.8 Å². The van der Waals surface area contributed by atoms with Crippen molar-refractivity contribution in [3.63, 3.8) is 0 Å². The molecule has 0 aliphatic heterocycles. The van der Waals surface area contributed by atoms with Crippen molar-refractivity contribution in [1.29, 1.82) is 0 Å². The second kappa shape index (κ2) is 6.30. The Balaban J connectivity index is 1.61. The Morgan fingerprint density at radius 3 is 2.91 bits per heavy atom. The molecule has 0 aliphatic rings. The highest BCUT2D eigenvalue weighted by Gasteiger charge is 2.08. The van der Waals surface area contributed by atoms with Crippen LogP contribution in [0.1, 0.15) is 16.1 Å². The number of nitrogens with zero attached hydrogens (tertiary/aromatic N) is 1. The number of hydrogen-bond donors (Lipinski definition) is 3. The molecule has 2 aromatic heterocycles. The molecule has 5 nitrogen and oxygen atoms in total. The summed E-state index contributed by atoms with van der Waals surface area (Å²) in [5, 5.41) is 7.04. The van der Waals surface area contributed by atoms with Crippen molar-refractivity contribution in [3.05, 3.63) is 59.9 Å². The first-order valence-corrected chi connectivity index (χ1v) is 7.26. The fourth-order valence-electron chi connectivity index (χ4n) is 2.44. The van der Waals surface area contributed by atoms with Crippen molar-refractivity contribution in [2.24, 2.45) is 0 Å². The first-order valence-electron chi connectivity index (χ1n) is 7.26. The highest BCUT2D eigenvalue weighted by molar-refractivity contribution is 5.92. The lowest BCUT2D eigenvalue weighted by Gasteiger charge is -2.06. The van der Waals surface area contributed by atoms with E-state index in [0.717, 1.165) is 11.9 Å². The second-order valence-electron chi connectivity index (χ2n) is 5.02. The molecular formula is C17H18N4O. The molecule has 0 aliphatic carbocycles. The predicted molar refractivity (Wildman–Crippen MR) is 88.1 cm³/mol. The van der Waals surface area contributed by atoms with Crippen molar-refractivity contribution in [1.82, 2.24) is 15.3 Å². The maximum atomic E-state index is 12.1. The van der Waals surface area contributed by atoms with Crippen LogP contribution in [0, 0.1) is 0 Å². The molecule has 22 heavy (non-hydrogen) atoms. The van der Waals surface area contributed by atoms with Crippen LogP contribution in [0.5, 0.6) is 0 Å². The predicted octanol–water partition coefficient (Wildman–Crippen LogP) is 2.58. The molecule has 0 unspecified atom stereocenters. The minimum atomic E-state index is -0.156. The fraction of sp³-hybridized carbons (Fsp3) is 0.176. The minimum Gasteiger partial charge on any atom is -0.373 e. The van der Waals surface area contributed by atoms with Crippen molar-refractivity contribution in [2.45, 2.75) is 6.42 Å². The third kappa shape index (κ3) is 2.93. The van der Waals surface area contributed by atoms with Gasteiger partial charge in [-0.25, -0.2) is 4.98 Å². The number of H-pyrrole nitrogens is 1. The number of amides is 1. The molecule has 5 heteroatoms. The maximum absolute atomic E-state index is 12.1. The average Bonchev–Trinajstić information content (AvgIpc) is 2.98. The number of aromatic amines is 1. The van der Waals surface area contributed by atoms with E-state index in [1.165, 1.54) is 10.9 Å². The summed E-state index contributed by atoms with van der Waals surface area (Å²) in [5.41, 5.74) is 2.74. The highest BCUT2D eigenvalue weighted by atomic mass is 16.1. The summed E-state index contributed by atoms with van der Waals surface area (Å²) >= 11 is 0. The molecule has 0 atom stereocenters. The number of rotatable bonds is 5. The van der Waals surface area contributed by atoms with Crippen LogP contribution in [0.3, 0.4) is 0 Å². The van der Waals surface area contributed by atoms with Crippen molar-refractivity contribution in [2.75, 3.05) is 18.9 Å². The first-order chi connectivity index (χ1) is 10.8. The van der Waals surface area contributed by atoms with Gasteiger partial charge in [-0.1, -0.05) is 24.3 Å². The fourth-order valence-corrected chi connectivity index (χ4v) is 2.44. The van der Waals surface area contributed by atoms with Gasteiger partial charge in [-0.15, -0.1) is 0 Å². The van der Waals surface area contributed by atoms with Gasteiger partial charge >= 0.3 is 0 Å². The second-order valence-corrected chi connectivity index (χ2v) is 5.02. The molecule has 3 aromatic rings. The number of fused-ring (bicyclic) bond motifs is 1. The molecular weight excluding hydrogens is 276 g/mol. The average molecular weight is 294 g/mol. The number of anilines is 1. The molecule has 0 spiro atoms. The van der Waals surface area contributed by atoms with Crippen LogP contribution in [0.15, 0.2) is 48.7 Å². The van der Waals surface area contributed by atoms with Gasteiger partial charge in [0.05, 0.1) is 0 Å². The number of aromatic nitrogens is 2. The Labute approximate surface area is 128 Å². The van der Waals surface area contributed by atoms with Crippen LogP contribution in [0.2, 0.25) is 0 Å². The molecule has 2 heterocycles. The summed E-state index contributed by atoms with van der Waals surface area (Å²) in [7, 11) is 1.78. The summed E-state index contributed by atoms with van der Waals surface area (Å²) < 4.78 is 0. The molecule has 112 valence electrons. The standard InChI is InChI=1S/C17H18N4O/c1-18-16-8-4-7-15(21-16)17(22)19-10-9-12-11-20-14-6-3-2-5-13(12)14/h2-8,11,20H,9-10H2,1H3,(H,18,21)(H,19,22). The van der Waals surface area contributed by atoms with E-state index in [4.69, 9.17) is 0 Å². The molecule has 1 amide bonds. The van der Waals surface area contributed by atoms with Gasteiger partial charge in [0.2, 0.25) is 0 Å². The summed E-state index contributed by atoms with van der Waals surface area (Å²) in [5.74, 6) is 0.529. The van der Waals surface area contributed by atoms with Crippen LogP contribution in [0.25, 0.3) is 10.9 Å². The maximum Gasteiger partial charge on any atom is 0.269 e. The highest BCUT2D eigenvalue weighted by Crippen LogP contribution is 2.17. The Hall–Kier alpha value is -2.82. The molecule has 0 radical (unpaired) electrons. The summed E-state index contributed by atoms with van der Waals surface area (Å²) in [6.07, 6.45) is 2.78. The van der Waals surface area contributed by atoms with E-state index in [1.54, 1.807) is 13.1 Å². The van der Waals surface area contributed by atoms with E-state index in [2.05, 4.69) is 26.7 Å². The Bertz CT molecular complexity index is 794. The first kappa shape index (κ1) is 14.1. The van der Waals surface area contributed by atoms with E-state index >= 15 is 0 Å². The SMILES string of the molecule is CNc1cccc(C(=O)NCCc2c[nH]c3ccccc23)n1. The molecule has 0 saturated carbocycles. The Kier molecular flexibility index (Phi) is 4.05. The van der Waals surface area contributed by atoms with Gasteiger partial charge in [0.1, 0.15) is 11.5 Å². The summed E-state index contributed by atoms with van der Waals surface area (Å²) in [6, 6.07) is 13.5. The largest absolute Gasteiger partial charge is 0.373 e. The number of nitrogens with one attached hydrogen (secondary N) is 3. The molecule has 0 saturated heterocycles. The van der Waals surface area contributed by atoms with Gasteiger partial charge < -0.3 is 15.6 Å². The van der Waals surface area contributed by atoms with Crippen LogP contribution >= 0.6 is 0 Å². The summed E-state index contributed by atoms with van der Waals surface area (Å²) in [6.45, 7) is 0.576. The minimum absolute atomic E-state index is 0.156. The lowest BCUT2D eigenvalue weighted by molar-refractivity contribution is 0.0949. The van der Waals surface area contributed by atoms with Gasteiger partial charge in [-0.05, 0) is 30.2 Å². The molecule has 3 N–H and O–H groups in total. The molecule has 3 rings (SSSR count). The Morgan fingerprint density at radius 1 is 1.18 bits per heavy atom.